The zero-order valence-electron chi connectivity index (χ0n) is 19.4. The fourth-order valence-corrected chi connectivity index (χ4v) is 5.57. The molecular formula is C24H28N4O4S2. The number of ether oxygens (including phenoxy) is 1. The van der Waals surface area contributed by atoms with Gasteiger partial charge in [0.2, 0.25) is 5.91 Å². The van der Waals surface area contributed by atoms with Crippen molar-refractivity contribution >= 4 is 56.3 Å². The van der Waals surface area contributed by atoms with Crippen LogP contribution in [0, 0.1) is 0 Å². The van der Waals surface area contributed by atoms with Crippen molar-refractivity contribution in [1.82, 2.24) is 15.2 Å². The number of carbonyl (C=O) groups is 3. The van der Waals surface area contributed by atoms with E-state index in [-0.39, 0.29) is 5.91 Å². The van der Waals surface area contributed by atoms with Crippen LogP contribution in [-0.2, 0) is 16.0 Å². The van der Waals surface area contributed by atoms with Crippen LogP contribution in [0.1, 0.15) is 36.0 Å². The lowest BCUT2D eigenvalue weighted by Crippen LogP contribution is -2.56. The van der Waals surface area contributed by atoms with Gasteiger partial charge < -0.3 is 19.9 Å². The highest BCUT2D eigenvalue weighted by Gasteiger charge is 2.31. The summed E-state index contributed by atoms with van der Waals surface area (Å²) in [5.41, 5.74) is 0.852. The number of nitrogens with one attached hydrogen (secondary N) is 1. The van der Waals surface area contributed by atoms with Crippen molar-refractivity contribution < 1.29 is 19.1 Å². The van der Waals surface area contributed by atoms with Gasteiger partial charge >= 0.3 is 6.09 Å². The molecule has 0 bridgehead atoms. The number of thiophene rings is 1. The van der Waals surface area contributed by atoms with Crippen molar-refractivity contribution in [3.8, 4) is 0 Å². The van der Waals surface area contributed by atoms with Crippen molar-refractivity contribution in [3.05, 3.63) is 46.2 Å². The van der Waals surface area contributed by atoms with E-state index in [2.05, 4.69) is 10.2 Å². The van der Waals surface area contributed by atoms with Crippen LogP contribution in [0.15, 0.2) is 35.7 Å². The first kappa shape index (κ1) is 24.2. The number of fused-ring (bicyclic) bond motifs is 1. The second-order valence-electron chi connectivity index (χ2n) is 9.14. The molecular weight excluding hydrogens is 472 g/mol. The van der Waals surface area contributed by atoms with Gasteiger partial charge in [-0.25, -0.2) is 9.78 Å². The number of benzene rings is 1. The number of nitrogens with zero attached hydrogens (tertiary/aromatic N) is 3. The minimum Gasteiger partial charge on any atom is -0.444 e. The fourth-order valence-electron chi connectivity index (χ4n) is 3.76. The maximum absolute atomic E-state index is 13.4. The molecule has 1 saturated heterocycles. The first-order chi connectivity index (χ1) is 16.2. The molecule has 0 radical (unpaired) electrons. The van der Waals surface area contributed by atoms with Gasteiger partial charge in [0, 0.05) is 43.0 Å². The average molecular weight is 501 g/mol. The first-order valence-corrected chi connectivity index (χ1v) is 12.8. The summed E-state index contributed by atoms with van der Waals surface area (Å²) in [6, 6.07) is 8.68. The van der Waals surface area contributed by atoms with E-state index in [9.17, 15) is 14.4 Å². The first-order valence-electron chi connectivity index (χ1n) is 11.1. The third-order valence-corrected chi connectivity index (χ3v) is 7.35. The predicted molar refractivity (Wildman–Crippen MR) is 135 cm³/mol. The van der Waals surface area contributed by atoms with Gasteiger partial charge in [0.05, 0.1) is 10.2 Å². The zero-order chi connectivity index (χ0) is 24.3. The number of thiazole rings is 1. The summed E-state index contributed by atoms with van der Waals surface area (Å²) in [5.74, 6) is -0.112. The Kier molecular flexibility index (Phi) is 7.18. The van der Waals surface area contributed by atoms with E-state index < -0.39 is 17.7 Å². The number of aromatic nitrogens is 1. The molecule has 3 heterocycles. The molecule has 1 aliphatic rings. The zero-order valence-corrected chi connectivity index (χ0v) is 21.1. The molecule has 10 heteroatoms. The van der Waals surface area contributed by atoms with Crippen LogP contribution < -0.4 is 10.2 Å². The van der Waals surface area contributed by atoms with E-state index in [1.165, 1.54) is 0 Å². The van der Waals surface area contributed by atoms with E-state index in [1.807, 2.05) is 29.6 Å². The van der Waals surface area contributed by atoms with Crippen LogP contribution in [0.3, 0.4) is 0 Å². The number of aldehydes is 1. The molecule has 180 valence electrons. The molecule has 4 rings (SSSR count). The molecule has 2 amide bonds. The van der Waals surface area contributed by atoms with Crippen molar-refractivity contribution in [2.75, 3.05) is 31.1 Å². The van der Waals surface area contributed by atoms with Crippen molar-refractivity contribution in [2.45, 2.75) is 38.8 Å². The van der Waals surface area contributed by atoms with Gasteiger partial charge in [-0.1, -0.05) is 17.4 Å². The average Bonchev–Trinajstić information content (AvgIpc) is 3.46. The Morgan fingerprint density at radius 1 is 1.21 bits per heavy atom. The minimum absolute atomic E-state index is 0.112. The smallest absolute Gasteiger partial charge is 0.408 e. The van der Waals surface area contributed by atoms with Gasteiger partial charge in [-0.2, -0.15) is 0 Å². The van der Waals surface area contributed by atoms with Crippen LogP contribution in [0.2, 0.25) is 0 Å². The van der Waals surface area contributed by atoms with Crippen LogP contribution >= 0.6 is 22.7 Å². The Morgan fingerprint density at radius 3 is 2.62 bits per heavy atom. The largest absolute Gasteiger partial charge is 0.444 e. The van der Waals surface area contributed by atoms with E-state index in [0.717, 1.165) is 26.5 Å². The Bertz CT molecular complexity index is 1160. The summed E-state index contributed by atoms with van der Waals surface area (Å²) < 4.78 is 6.36. The molecule has 0 spiro atoms. The Hall–Kier alpha value is -2.98. The van der Waals surface area contributed by atoms with Crippen molar-refractivity contribution in [1.29, 1.82) is 0 Å². The van der Waals surface area contributed by atoms with Gasteiger partial charge in [-0.15, -0.1) is 11.3 Å². The van der Waals surface area contributed by atoms with Crippen LogP contribution in [0.25, 0.3) is 10.2 Å². The summed E-state index contributed by atoms with van der Waals surface area (Å²) in [6.07, 6.45) is 0.666. The van der Waals surface area contributed by atoms with Gasteiger partial charge in [-0.3, -0.25) is 9.59 Å². The molecule has 0 saturated carbocycles. The van der Waals surface area contributed by atoms with Crippen LogP contribution in [-0.4, -0.2) is 66.0 Å². The number of rotatable bonds is 6. The number of carbonyl (C=O) groups excluding carboxylic acids is 3. The lowest BCUT2D eigenvalue weighted by molar-refractivity contribution is -0.133. The van der Waals surface area contributed by atoms with E-state index in [4.69, 9.17) is 9.72 Å². The second kappa shape index (κ2) is 10.1. The highest BCUT2D eigenvalue weighted by Crippen LogP contribution is 2.30. The summed E-state index contributed by atoms with van der Waals surface area (Å²) in [7, 11) is 0. The van der Waals surface area contributed by atoms with E-state index >= 15 is 0 Å². The number of anilines is 1. The maximum Gasteiger partial charge on any atom is 0.408 e. The van der Waals surface area contributed by atoms with Crippen LogP contribution in [0.5, 0.6) is 0 Å². The summed E-state index contributed by atoms with van der Waals surface area (Å²) in [6.45, 7) is 7.74. The molecule has 8 nitrogen and oxygen atoms in total. The number of alkyl carbamates (subject to hydrolysis) is 1. The molecule has 0 unspecified atom stereocenters. The Morgan fingerprint density at radius 2 is 1.97 bits per heavy atom. The molecule has 1 aliphatic heterocycles. The van der Waals surface area contributed by atoms with Gasteiger partial charge in [-0.05, 0) is 50.4 Å². The van der Waals surface area contributed by atoms with Gasteiger partial charge in [0.25, 0.3) is 0 Å². The third kappa shape index (κ3) is 5.92. The van der Waals surface area contributed by atoms with Crippen LogP contribution in [0.4, 0.5) is 9.93 Å². The van der Waals surface area contributed by atoms with Crippen molar-refractivity contribution in [3.63, 3.8) is 0 Å². The number of hydrogen-bond donors (Lipinski definition) is 1. The number of piperazine rings is 1. The standard InChI is InChI=1S/C24H28N4O4S2/c1-24(2,3)32-23(31)26-19(14-17-5-4-12-33-17)21(30)27-8-10-28(11-9-27)22-25-18-7-6-16(15-29)13-20(18)34-22/h4-7,12-13,15,19H,8-11,14H2,1-3H3,(H,26,31)/t19-/m0/s1. The van der Waals surface area contributed by atoms with E-state index in [1.54, 1.807) is 54.4 Å². The molecule has 3 aromatic rings. The lowest BCUT2D eigenvalue weighted by atomic mass is 10.1. The topological polar surface area (TPSA) is 91.8 Å². The molecule has 2 aromatic heterocycles. The van der Waals surface area contributed by atoms with Gasteiger partial charge in [0.15, 0.2) is 5.13 Å². The predicted octanol–water partition coefficient (Wildman–Crippen LogP) is 3.95. The minimum atomic E-state index is -0.690. The number of hydrogen-bond acceptors (Lipinski definition) is 8. The van der Waals surface area contributed by atoms with Crippen molar-refractivity contribution in [2.24, 2.45) is 0 Å². The fraction of sp³-hybridized carbons (Fsp3) is 0.417. The summed E-state index contributed by atoms with van der Waals surface area (Å²) in [4.78, 5) is 46.5. The highest BCUT2D eigenvalue weighted by atomic mass is 32.1. The van der Waals surface area contributed by atoms with Gasteiger partial charge in [0.1, 0.15) is 17.9 Å². The SMILES string of the molecule is CC(C)(C)OC(=O)N[C@@H](Cc1cccs1)C(=O)N1CCN(c2nc3ccc(C=O)cc3s2)CC1. The monoisotopic (exact) mass is 500 g/mol. The molecule has 1 N–H and O–H groups in total. The summed E-state index contributed by atoms with van der Waals surface area (Å²) in [5, 5.41) is 5.62. The highest BCUT2D eigenvalue weighted by molar-refractivity contribution is 7.22. The quantitative estimate of drug-likeness (QED) is 0.515. The molecule has 0 aliphatic carbocycles. The Balaban J connectivity index is 1.41. The lowest BCUT2D eigenvalue weighted by Gasteiger charge is -2.36. The summed E-state index contributed by atoms with van der Waals surface area (Å²) >= 11 is 3.10. The molecule has 1 aromatic carbocycles. The third-order valence-electron chi connectivity index (χ3n) is 5.37. The molecule has 1 atom stereocenters. The normalized spacial score (nSPS) is 15.3. The second-order valence-corrected chi connectivity index (χ2v) is 11.2. The number of amides is 2. The molecule has 1 fully saturated rings. The molecule has 34 heavy (non-hydrogen) atoms. The Labute approximate surface area is 206 Å². The maximum atomic E-state index is 13.4. The van der Waals surface area contributed by atoms with E-state index in [0.29, 0.717) is 38.2 Å².